The molecule has 2 aromatic rings. The van der Waals surface area contributed by atoms with Gasteiger partial charge in [-0.25, -0.2) is 0 Å². The highest BCUT2D eigenvalue weighted by atomic mass is 16.5. The summed E-state index contributed by atoms with van der Waals surface area (Å²) in [7, 11) is 4.99. The van der Waals surface area contributed by atoms with E-state index in [1.54, 1.807) is 21.3 Å². The van der Waals surface area contributed by atoms with Gasteiger partial charge < -0.3 is 19.5 Å². The van der Waals surface area contributed by atoms with Crippen LogP contribution < -0.4 is 19.5 Å². The van der Waals surface area contributed by atoms with Crippen LogP contribution in [0.15, 0.2) is 36.4 Å². The molecule has 0 aliphatic carbocycles. The Hall–Kier alpha value is -2.20. The average molecular weight is 315 g/mol. The van der Waals surface area contributed by atoms with Crippen LogP contribution in [0.4, 0.5) is 0 Å². The van der Waals surface area contributed by atoms with Crippen molar-refractivity contribution in [2.75, 3.05) is 27.9 Å². The van der Waals surface area contributed by atoms with Gasteiger partial charge in [0.25, 0.3) is 0 Å². The van der Waals surface area contributed by atoms with E-state index in [1.165, 1.54) is 5.56 Å². The molecular formula is C19H25NO3. The lowest BCUT2D eigenvalue weighted by Gasteiger charge is -2.18. The molecular weight excluding hydrogens is 290 g/mol. The van der Waals surface area contributed by atoms with Crippen molar-refractivity contribution in [2.45, 2.75) is 19.9 Å². The topological polar surface area (TPSA) is 39.7 Å². The molecule has 23 heavy (non-hydrogen) atoms. The Bertz CT molecular complexity index is 626. The van der Waals surface area contributed by atoms with Gasteiger partial charge in [-0.3, -0.25) is 0 Å². The number of hydrogen-bond acceptors (Lipinski definition) is 4. The van der Waals surface area contributed by atoms with Crippen molar-refractivity contribution >= 4 is 0 Å². The Morgan fingerprint density at radius 1 is 0.913 bits per heavy atom. The van der Waals surface area contributed by atoms with E-state index in [2.05, 4.69) is 29.6 Å². The first-order valence-electron chi connectivity index (χ1n) is 7.74. The minimum Gasteiger partial charge on any atom is -0.496 e. The average Bonchev–Trinajstić information content (AvgIpc) is 2.59. The molecule has 0 saturated carbocycles. The molecule has 0 radical (unpaired) electrons. The van der Waals surface area contributed by atoms with Gasteiger partial charge in [-0.1, -0.05) is 30.3 Å². The summed E-state index contributed by atoms with van der Waals surface area (Å²) in [5.74, 6) is 2.33. The molecule has 2 aromatic carbocycles. The third kappa shape index (κ3) is 4.17. The third-order valence-corrected chi connectivity index (χ3v) is 3.87. The first kappa shape index (κ1) is 17.2. The van der Waals surface area contributed by atoms with Crippen LogP contribution in [0.25, 0.3) is 0 Å². The zero-order valence-corrected chi connectivity index (χ0v) is 14.3. The molecule has 124 valence electrons. The summed E-state index contributed by atoms with van der Waals surface area (Å²) in [4.78, 5) is 0. The van der Waals surface area contributed by atoms with E-state index < -0.39 is 0 Å². The Balaban J connectivity index is 2.05. The zero-order chi connectivity index (χ0) is 16.7. The molecule has 0 unspecified atom stereocenters. The number of nitrogens with one attached hydrogen (secondary N) is 1. The van der Waals surface area contributed by atoms with Crippen molar-refractivity contribution in [3.8, 4) is 17.2 Å². The highest BCUT2D eigenvalue weighted by Crippen LogP contribution is 2.39. The van der Waals surface area contributed by atoms with Crippen LogP contribution in [0, 0.1) is 6.92 Å². The summed E-state index contributed by atoms with van der Waals surface area (Å²) >= 11 is 0. The van der Waals surface area contributed by atoms with Crippen LogP contribution >= 0.6 is 0 Å². The minimum atomic E-state index is 0.727. The Morgan fingerprint density at radius 3 is 2.22 bits per heavy atom. The number of benzene rings is 2. The summed E-state index contributed by atoms with van der Waals surface area (Å²) in [6, 6.07) is 12.4. The van der Waals surface area contributed by atoms with Crippen molar-refractivity contribution in [2.24, 2.45) is 0 Å². The quantitative estimate of drug-likeness (QED) is 0.758. The molecule has 0 amide bonds. The summed E-state index contributed by atoms with van der Waals surface area (Å²) in [6.45, 7) is 3.71. The number of hydrogen-bond donors (Lipinski definition) is 1. The van der Waals surface area contributed by atoms with E-state index in [4.69, 9.17) is 14.2 Å². The van der Waals surface area contributed by atoms with Gasteiger partial charge in [0, 0.05) is 12.1 Å². The SMILES string of the molecule is COc1cc(CCNCc2ccccc2)c(OC)c(C)c1OC. The monoisotopic (exact) mass is 315 g/mol. The highest BCUT2D eigenvalue weighted by molar-refractivity contribution is 5.57. The highest BCUT2D eigenvalue weighted by Gasteiger charge is 2.16. The lowest BCUT2D eigenvalue weighted by molar-refractivity contribution is 0.344. The van der Waals surface area contributed by atoms with Gasteiger partial charge in [-0.15, -0.1) is 0 Å². The van der Waals surface area contributed by atoms with E-state index in [1.807, 2.05) is 19.1 Å². The van der Waals surface area contributed by atoms with Crippen molar-refractivity contribution in [1.29, 1.82) is 0 Å². The Labute approximate surface area is 138 Å². The van der Waals surface area contributed by atoms with E-state index in [9.17, 15) is 0 Å². The molecule has 0 aliphatic heterocycles. The molecule has 4 heteroatoms. The number of rotatable bonds is 8. The molecule has 0 spiro atoms. The van der Waals surface area contributed by atoms with Crippen LogP contribution in [0.1, 0.15) is 16.7 Å². The van der Waals surface area contributed by atoms with Crippen molar-refractivity contribution in [1.82, 2.24) is 5.32 Å². The normalized spacial score (nSPS) is 10.4. The van der Waals surface area contributed by atoms with Gasteiger partial charge in [-0.05, 0) is 37.1 Å². The van der Waals surface area contributed by atoms with Crippen molar-refractivity contribution in [3.63, 3.8) is 0 Å². The minimum absolute atomic E-state index is 0.727. The molecule has 0 saturated heterocycles. The van der Waals surface area contributed by atoms with Crippen LogP contribution in [0.5, 0.6) is 17.2 Å². The lowest BCUT2D eigenvalue weighted by atomic mass is 10.0. The smallest absolute Gasteiger partial charge is 0.167 e. The maximum absolute atomic E-state index is 5.57. The fourth-order valence-electron chi connectivity index (χ4n) is 2.74. The number of ether oxygens (including phenoxy) is 3. The first-order chi connectivity index (χ1) is 11.2. The maximum atomic E-state index is 5.57. The van der Waals surface area contributed by atoms with E-state index in [-0.39, 0.29) is 0 Å². The lowest BCUT2D eigenvalue weighted by Crippen LogP contribution is -2.17. The molecule has 0 atom stereocenters. The molecule has 0 fully saturated rings. The van der Waals surface area contributed by atoms with E-state index in [0.717, 1.165) is 47.9 Å². The molecule has 0 aliphatic rings. The summed E-state index contributed by atoms with van der Waals surface area (Å²) in [5.41, 5.74) is 3.36. The van der Waals surface area contributed by atoms with Crippen molar-refractivity contribution < 1.29 is 14.2 Å². The molecule has 0 aromatic heterocycles. The van der Waals surface area contributed by atoms with Gasteiger partial charge in [0.05, 0.1) is 21.3 Å². The Kier molecular flexibility index (Phi) is 6.29. The zero-order valence-electron chi connectivity index (χ0n) is 14.3. The summed E-state index contributed by atoms with van der Waals surface area (Å²) in [5, 5.41) is 3.46. The fourth-order valence-corrected chi connectivity index (χ4v) is 2.74. The fraction of sp³-hybridized carbons (Fsp3) is 0.368. The predicted molar refractivity (Wildman–Crippen MR) is 92.7 cm³/mol. The standard InChI is InChI=1S/C19H25NO3/c1-14-18(22-3)16(12-17(21-2)19(14)23-4)10-11-20-13-15-8-6-5-7-9-15/h5-9,12,20H,10-11,13H2,1-4H3. The Morgan fingerprint density at radius 2 is 1.61 bits per heavy atom. The number of methoxy groups -OCH3 is 3. The largest absolute Gasteiger partial charge is 0.496 e. The second kappa shape index (κ2) is 8.44. The third-order valence-electron chi connectivity index (χ3n) is 3.87. The maximum Gasteiger partial charge on any atom is 0.167 e. The second-order valence-corrected chi connectivity index (χ2v) is 5.34. The van der Waals surface area contributed by atoms with Crippen LogP contribution in [-0.4, -0.2) is 27.9 Å². The summed E-state index contributed by atoms with van der Waals surface area (Å²) in [6.07, 6.45) is 0.858. The molecule has 2 rings (SSSR count). The first-order valence-corrected chi connectivity index (χ1v) is 7.74. The molecule has 0 heterocycles. The van der Waals surface area contributed by atoms with E-state index >= 15 is 0 Å². The van der Waals surface area contributed by atoms with Crippen LogP contribution in [0.3, 0.4) is 0 Å². The molecule has 4 nitrogen and oxygen atoms in total. The van der Waals surface area contributed by atoms with Crippen LogP contribution in [-0.2, 0) is 13.0 Å². The molecule has 0 bridgehead atoms. The van der Waals surface area contributed by atoms with Gasteiger partial charge in [-0.2, -0.15) is 0 Å². The van der Waals surface area contributed by atoms with E-state index in [0.29, 0.717) is 0 Å². The van der Waals surface area contributed by atoms with Gasteiger partial charge in [0.1, 0.15) is 5.75 Å². The van der Waals surface area contributed by atoms with Crippen molar-refractivity contribution in [3.05, 3.63) is 53.1 Å². The summed E-state index contributed by atoms with van der Waals surface area (Å²) < 4.78 is 16.4. The second-order valence-electron chi connectivity index (χ2n) is 5.34. The predicted octanol–water partition coefficient (Wildman–Crippen LogP) is 3.35. The van der Waals surface area contributed by atoms with Gasteiger partial charge >= 0.3 is 0 Å². The van der Waals surface area contributed by atoms with Crippen LogP contribution in [0.2, 0.25) is 0 Å². The van der Waals surface area contributed by atoms with Gasteiger partial charge in [0.15, 0.2) is 11.5 Å². The molecule has 1 N–H and O–H groups in total. The van der Waals surface area contributed by atoms with Gasteiger partial charge in [0.2, 0.25) is 0 Å².